The average Bonchev–Trinajstić information content (AvgIpc) is 2.47. The molecule has 0 spiro atoms. The second-order valence-electron chi connectivity index (χ2n) is 4.73. The maximum Gasteiger partial charge on any atom is 0.134 e. The van der Waals surface area contributed by atoms with Crippen LogP contribution in [0.5, 0.6) is 5.75 Å². The molecule has 0 fully saturated rings. The average molecular weight is 277 g/mol. The Morgan fingerprint density at radius 1 is 0.905 bits per heavy atom. The molecule has 0 atom stereocenters. The molecular weight excluding hydrogens is 262 g/mol. The van der Waals surface area contributed by atoms with E-state index in [2.05, 4.69) is 15.3 Å². The molecule has 3 rings (SSSR count). The van der Waals surface area contributed by atoms with E-state index >= 15 is 0 Å². The molecule has 4 heteroatoms. The van der Waals surface area contributed by atoms with Gasteiger partial charge in [-0.2, -0.15) is 0 Å². The lowest BCUT2D eigenvalue weighted by molar-refractivity contribution is 0.475. The van der Waals surface area contributed by atoms with Crippen molar-refractivity contribution in [2.24, 2.45) is 0 Å². The fraction of sp³-hybridized carbons (Fsp3) is 0.0588. The molecule has 4 nitrogen and oxygen atoms in total. The highest BCUT2D eigenvalue weighted by Crippen LogP contribution is 2.23. The summed E-state index contributed by atoms with van der Waals surface area (Å²) in [6.07, 6.45) is 0. The third-order valence-electron chi connectivity index (χ3n) is 3.03. The van der Waals surface area contributed by atoms with E-state index < -0.39 is 0 Å². The summed E-state index contributed by atoms with van der Waals surface area (Å²) in [6, 6.07) is 18.8. The number of aryl methyl sites for hydroxylation is 1. The minimum Gasteiger partial charge on any atom is -0.508 e. The van der Waals surface area contributed by atoms with Gasteiger partial charge in [0.2, 0.25) is 0 Å². The summed E-state index contributed by atoms with van der Waals surface area (Å²) in [6.45, 7) is 1.86. The Bertz CT molecular complexity index is 757. The predicted molar refractivity (Wildman–Crippen MR) is 83.6 cm³/mol. The Labute approximate surface area is 123 Å². The standard InChI is InChI=1S/C17H15N3O/c1-12-18-16(13-6-3-2-4-7-13)11-17(19-12)20-14-8-5-9-15(21)10-14/h2-11,21H,1H3,(H,18,19,20). The van der Waals surface area contributed by atoms with Crippen LogP contribution >= 0.6 is 0 Å². The molecule has 0 amide bonds. The van der Waals surface area contributed by atoms with Crippen LogP contribution in [-0.2, 0) is 0 Å². The molecule has 1 heterocycles. The fourth-order valence-electron chi connectivity index (χ4n) is 2.12. The number of aromatic nitrogens is 2. The van der Waals surface area contributed by atoms with Crippen LogP contribution in [0.3, 0.4) is 0 Å². The van der Waals surface area contributed by atoms with Crippen molar-refractivity contribution in [1.29, 1.82) is 0 Å². The SMILES string of the molecule is Cc1nc(Nc2cccc(O)c2)cc(-c2ccccc2)n1. The van der Waals surface area contributed by atoms with E-state index in [9.17, 15) is 5.11 Å². The second-order valence-corrected chi connectivity index (χ2v) is 4.73. The first kappa shape index (κ1) is 13.1. The van der Waals surface area contributed by atoms with Gasteiger partial charge in [0.05, 0.1) is 5.69 Å². The Hall–Kier alpha value is -2.88. The van der Waals surface area contributed by atoms with Crippen molar-refractivity contribution in [2.45, 2.75) is 6.92 Å². The van der Waals surface area contributed by atoms with Gasteiger partial charge < -0.3 is 10.4 Å². The number of phenolic OH excluding ortho intramolecular Hbond substituents is 1. The number of rotatable bonds is 3. The van der Waals surface area contributed by atoms with Crippen molar-refractivity contribution >= 4 is 11.5 Å². The molecule has 0 saturated carbocycles. The zero-order valence-electron chi connectivity index (χ0n) is 11.6. The van der Waals surface area contributed by atoms with Gasteiger partial charge in [0.1, 0.15) is 17.4 Å². The van der Waals surface area contributed by atoms with Gasteiger partial charge in [-0.1, -0.05) is 36.4 Å². The van der Waals surface area contributed by atoms with Gasteiger partial charge in [-0.05, 0) is 19.1 Å². The molecular formula is C17H15N3O. The van der Waals surface area contributed by atoms with Crippen molar-refractivity contribution in [1.82, 2.24) is 9.97 Å². The Balaban J connectivity index is 1.95. The Morgan fingerprint density at radius 3 is 2.48 bits per heavy atom. The zero-order chi connectivity index (χ0) is 14.7. The van der Waals surface area contributed by atoms with Crippen LogP contribution in [0.4, 0.5) is 11.5 Å². The predicted octanol–water partition coefficient (Wildman–Crippen LogP) is 3.90. The molecule has 0 aliphatic heterocycles. The molecule has 3 aromatic rings. The van der Waals surface area contributed by atoms with Gasteiger partial charge in [0, 0.05) is 23.4 Å². The molecule has 0 unspecified atom stereocenters. The fourth-order valence-corrected chi connectivity index (χ4v) is 2.12. The van der Waals surface area contributed by atoms with E-state index in [1.54, 1.807) is 18.2 Å². The molecule has 2 aromatic carbocycles. The third-order valence-corrected chi connectivity index (χ3v) is 3.03. The maximum absolute atomic E-state index is 9.51. The minimum atomic E-state index is 0.217. The van der Waals surface area contributed by atoms with E-state index in [1.165, 1.54) is 0 Å². The summed E-state index contributed by atoms with van der Waals surface area (Å²) in [5.74, 6) is 1.61. The summed E-state index contributed by atoms with van der Waals surface area (Å²) >= 11 is 0. The number of anilines is 2. The van der Waals surface area contributed by atoms with Gasteiger partial charge in [-0.25, -0.2) is 9.97 Å². The minimum absolute atomic E-state index is 0.217. The van der Waals surface area contributed by atoms with Gasteiger partial charge >= 0.3 is 0 Å². The molecule has 21 heavy (non-hydrogen) atoms. The Kier molecular flexibility index (Phi) is 3.51. The van der Waals surface area contributed by atoms with Gasteiger partial charge in [0.25, 0.3) is 0 Å². The van der Waals surface area contributed by atoms with Crippen molar-refractivity contribution in [3.63, 3.8) is 0 Å². The lowest BCUT2D eigenvalue weighted by atomic mass is 10.1. The molecule has 0 saturated heterocycles. The maximum atomic E-state index is 9.51. The highest BCUT2D eigenvalue weighted by atomic mass is 16.3. The normalized spacial score (nSPS) is 10.3. The number of hydrogen-bond acceptors (Lipinski definition) is 4. The lowest BCUT2D eigenvalue weighted by Gasteiger charge is -2.09. The number of hydrogen-bond donors (Lipinski definition) is 2. The molecule has 2 N–H and O–H groups in total. The summed E-state index contributed by atoms with van der Waals surface area (Å²) in [5.41, 5.74) is 2.69. The van der Waals surface area contributed by atoms with Crippen LogP contribution < -0.4 is 5.32 Å². The lowest BCUT2D eigenvalue weighted by Crippen LogP contribution is -1.98. The first-order valence-electron chi connectivity index (χ1n) is 6.68. The van der Waals surface area contributed by atoms with E-state index in [0.29, 0.717) is 11.6 Å². The van der Waals surface area contributed by atoms with E-state index in [0.717, 1.165) is 16.9 Å². The van der Waals surface area contributed by atoms with E-state index in [1.807, 2.05) is 49.4 Å². The number of nitrogens with one attached hydrogen (secondary N) is 1. The van der Waals surface area contributed by atoms with Crippen LogP contribution in [0.15, 0.2) is 60.7 Å². The van der Waals surface area contributed by atoms with Gasteiger partial charge in [-0.15, -0.1) is 0 Å². The van der Waals surface area contributed by atoms with Crippen LogP contribution in [0, 0.1) is 6.92 Å². The Morgan fingerprint density at radius 2 is 1.71 bits per heavy atom. The van der Waals surface area contributed by atoms with Gasteiger partial charge in [0.15, 0.2) is 0 Å². The van der Waals surface area contributed by atoms with E-state index in [4.69, 9.17) is 0 Å². The zero-order valence-corrected chi connectivity index (χ0v) is 11.6. The highest BCUT2D eigenvalue weighted by molar-refractivity contribution is 5.66. The van der Waals surface area contributed by atoms with Crippen molar-refractivity contribution < 1.29 is 5.11 Å². The first-order chi connectivity index (χ1) is 10.2. The molecule has 0 aliphatic carbocycles. The number of nitrogens with zero attached hydrogens (tertiary/aromatic N) is 2. The highest BCUT2D eigenvalue weighted by Gasteiger charge is 2.05. The monoisotopic (exact) mass is 277 g/mol. The van der Waals surface area contributed by atoms with Gasteiger partial charge in [-0.3, -0.25) is 0 Å². The summed E-state index contributed by atoms with van der Waals surface area (Å²) in [5, 5.41) is 12.7. The molecule has 0 aliphatic rings. The molecule has 0 bridgehead atoms. The second kappa shape index (κ2) is 5.63. The van der Waals surface area contributed by atoms with Crippen molar-refractivity contribution in [3.05, 3.63) is 66.5 Å². The smallest absolute Gasteiger partial charge is 0.134 e. The quantitative estimate of drug-likeness (QED) is 0.762. The first-order valence-corrected chi connectivity index (χ1v) is 6.68. The molecule has 1 aromatic heterocycles. The summed E-state index contributed by atoms with van der Waals surface area (Å²) < 4.78 is 0. The number of aromatic hydroxyl groups is 1. The molecule has 104 valence electrons. The third kappa shape index (κ3) is 3.17. The van der Waals surface area contributed by atoms with Crippen LogP contribution in [0.25, 0.3) is 11.3 Å². The summed E-state index contributed by atoms with van der Waals surface area (Å²) in [7, 11) is 0. The summed E-state index contributed by atoms with van der Waals surface area (Å²) in [4.78, 5) is 8.84. The van der Waals surface area contributed by atoms with Crippen LogP contribution in [0.2, 0.25) is 0 Å². The van der Waals surface area contributed by atoms with Crippen molar-refractivity contribution in [3.8, 4) is 17.0 Å². The number of phenols is 1. The topological polar surface area (TPSA) is 58.0 Å². The van der Waals surface area contributed by atoms with E-state index in [-0.39, 0.29) is 5.75 Å². The molecule has 0 radical (unpaired) electrons. The van der Waals surface area contributed by atoms with Crippen LogP contribution in [-0.4, -0.2) is 15.1 Å². The van der Waals surface area contributed by atoms with Crippen LogP contribution in [0.1, 0.15) is 5.82 Å². The van der Waals surface area contributed by atoms with Crippen molar-refractivity contribution in [2.75, 3.05) is 5.32 Å². The largest absolute Gasteiger partial charge is 0.508 e. The number of benzene rings is 2.